The second-order valence-electron chi connectivity index (χ2n) is 6.25. The van der Waals surface area contributed by atoms with Crippen molar-refractivity contribution in [2.24, 2.45) is 0 Å². The van der Waals surface area contributed by atoms with E-state index in [1.807, 2.05) is 30.3 Å². The Morgan fingerprint density at radius 2 is 1.46 bits per heavy atom. The highest BCUT2D eigenvalue weighted by Gasteiger charge is 2.09. The third-order valence-electron chi connectivity index (χ3n) is 4.61. The van der Waals surface area contributed by atoms with Crippen LogP contribution in [-0.2, 0) is 0 Å². The molecule has 124 valence electrons. The van der Waals surface area contributed by atoms with Crippen LogP contribution in [0.4, 0.5) is 0 Å². The minimum atomic E-state index is 0.866. The molecule has 0 radical (unpaired) electrons. The van der Waals surface area contributed by atoms with E-state index in [2.05, 4.69) is 66.0 Å². The van der Waals surface area contributed by atoms with Crippen molar-refractivity contribution in [1.82, 2.24) is 0 Å². The molecule has 0 aliphatic rings. The van der Waals surface area contributed by atoms with Crippen molar-refractivity contribution in [3.05, 3.63) is 96.4 Å². The number of fused-ring (bicyclic) bond motifs is 2. The summed E-state index contributed by atoms with van der Waals surface area (Å²) in [6.07, 6.45) is 0. The van der Waals surface area contributed by atoms with Gasteiger partial charge in [0.05, 0.1) is 0 Å². The van der Waals surface area contributed by atoms with E-state index in [4.69, 9.17) is 4.74 Å². The van der Waals surface area contributed by atoms with Crippen LogP contribution in [0.2, 0.25) is 0 Å². The van der Waals surface area contributed by atoms with Crippen LogP contribution < -0.4 is 4.74 Å². The van der Waals surface area contributed by atoms with Crippen LogP contribution in [0.15, 0.2) is 96.4 Å². The Hall–Kier alpha value is -3.10. The molecule has 0 atom stereocenters. The van der Waals surface area contributed by atoms with E-state index in [-0.39, 0.29) is 0 Å². The van der Waals surface area contributed by atoms with Crippen molar-refractivity contribution >= 4 is 32.2 Å². The van der Waals surface area contributed by atoms with Crippen LogP contribution >= 0.6 is 11.3 Å². The molecule has 0 unspecified atom stereocenters. The van der Waals surface area contributed by atoms with Gasteiger partial charge in [0.2, 0.25) is 0 Å². The lowest BCUT2D eigenvalue weighted by atomic mass is 9.98. The SMILES string of the molecule is c1ccc(Oc2csc3cc(-c4cccc5ccccc45)ccc23)cc1. The fourth-order valence-corrected chi connectivity index (χ4v) is 4.24. The molecule has 26 heavy (non-hydrogen) atoms. The molecule has 1 heterocycles. The molecule has 0 aliphatic heterocycles. The third kappa shape index (κ3) is 2.65. The van der Waals surface area contributed by atoms with E-state index in [9.17, 15) is 0 Å². The monoisotopic (exact) mass is 352 g/mol. The average Bonchev–Trinajstić information content (AvgIpc) is 3.10. The molecule has 0 saturated heterocycles. The second kappa shape index (κ2) is 6.32. The molecule has 4 aromatic carbocycles. The maximum absolute atomic E-state index is 6.06. The van der Waals surface area contributed by atoms with Gasteiger partial charge in [0.1, 0.15) is 11.5 Å². The van der Waals surface area contributed by atoms with Gasteiger partial charge in [-0.3, -0.25) is 0 Å². The minimum absolute atomic E-state index is 0.866. The highest BCUT2D eigenvalue weighted by atomic mass is 32.1. The van der Waals surface area contributed by atoms with Gasteiger partial charge in [0.15, 0.2) is 0 Å². The van der Waals surface area contributed by atoms with Gasteiger partial charge in [-0.25, -0.2) is 0 Å². The first kappa shape index (κ1) is 15.2. The van der Waals surface area contributed by atoms with Gasteiger partial charge in [-0.15, -0.1) is 11.3 Å². The molecule has 5 aromatic rings. The lowest BCUT2D eigenvalue weighted by Crippen LogP contribution is -1.83. The standard InChI is InChI=1S/C24H16OS/c1-2-9-19(10-3-1)25-23-16-26-24-15-18(13-14-22(23)24)21-12-6-8-17-7-4-5-11-20(17)21/h1-16H. The van der Waals surface area contributed by atoms with Gasteiger partial charge in [0.25, 0.3) is 0 Å². The van der Waals surface area contributed by atoms with Crippen molar-refractivity contribution in [2.75, 3.05) is 0 Å². The zero-order valence-corrected chi connectivity index (χ0v) is 14.9. The first-order valence-electron chi connectivity index (χ1n) is 8.61. The van der Waals surface area contributed by atoms with Crippen molar-refractivity contribution < 1.29 is 4.74 Å². The van der Waals surface area contributed by atoms with Gasteiger partial charge in [0, 0.05) is 15.5 Å². The maximum atomic E-state index is 6.06. The largest absolute Gasteiger partial charge is 0.456 e. The molecule has 2 heteroatoms. The predicted molar refractivity (Wildman–Crippen MR) is 111 cm³/mol. The smallest absolute Gasteiger partial charge is 0.145 e. The second-order valence-corrected chi connectivity index (χ2v) is 7.16. The van der Waals surface area contributed by atoms with Crippen molar-refractivity contribution in [3.63, 3.8) is 0 Å². The Balaban J connectivity index is 1.59. The molecule has 0 bridgehead atoms. The third-order valence-corrected chi connectivity index (χ3v) is 5.54. The summed E-state index contributed by atoms with van der Waals surface area (Å²) in [7, 11) is 0. The Morgan fingerprint density at radius 1 is 0.654 bits per heavy atom. The van der Waals surface area contributed by atoms with E-state index in [1.54, 1.807) is 11.3 Å². The molecule has 0 spiro atoms. The Bertz CT molecular complexity index is 1200. The van der Waals surface area contributed by atoms with Crippen LogP contribution in [0.3, 0.4) is 0 Å². The van der Waals surface area contributed by atoms with Crippen LogP contribution in [0.5, 0.6) is 11.5 Å². The van der Waals surface area contributed by atoms with Gasteiger partial charge >= 0.3 is 0 Å². The summed E-state index contributed by atoms with van der Waals surface area (Å²) in [6, 6.07) is 31.6. The molecule has 0 amide bonds. The number of para-hydroxylation sites is 1. The molecule has 0 aliphatic carbocycles. The van der Waals surface area contributed by atoms with E-state index >= 15 is 0 Å². The van der Waals surface area contributed by atoms with Gasteiger partial charge < -0.3 is 4.74 Å². The molecule has 0 N–H and O–H groups in total. The lowest BCUT2D eigenvalue weighted by molar-refractivity contribution is 0.490. The zero-order valence-electron chi connectivity index (χ0n) is 14.1. The molecular formula is C24H16OS. The molecule has 0 saturated carbocycles. The summed E-state index contributed by atoms with van der Waals surface area (Å²) in [5.41, 5.74) is 2.51. The summed E-state index contributed by atoms with van der Waals surface area (Å²) in [5.74, 6) is 1.78. The number of hydrogen-bond acceptors (Lipinski definition) is 2. The Labute approximate surface area is 156 Å². The Kier molecular flexibility index (Phi) is 3.69. The number of hydrogen-bond donors (Lipinski definition) is 0. The van der Waals surface area contributed by atoms with E-state index in [1.165, 1.54) is 26.6 Å². The summed E-state index contributed by atoms with van der Waals surface area (Å²) < 4.78 is 7.30. The molecular weight excluding hydrogens is 336 g/mol. The van der Waals surface area contributed by atoms with E-state index in [0.717, 1.165) is 16.9 Å². The summed E-state index contributed by atoms with van der Waals surface area (Å²) in [4.78, 5) is 0. The van der Waals surface area contributed by atoms with E-state index < -0.39 is 0 Å². The number of ether oxygens (including phenoxy) is 1. The van der Waals surface area contributed by atoms with Crippen LogP contribution in [-0.4, -0.2) is 0 Å². The fraction of sp³-hybridized carbons (Fsp3) is 0. The first-order chi connectivity index (χ1) is 12.9. The quantitative estimate of drug-likeness (QED) is 0.326. The highest BCUT2D eigenvalue weighted by molar-refractivity contribution is 7.17. The van der Waals surface area contributed by atoms with Gasteiger partial charge in [-0.2, -0.15) is 0 Å². The van der Waals surface area contributed by atoms with E-state index in [0.29, 0.717) is 0 Å². The minimum Gasteiger partial charge on any atom is -0.456 e. The number of thiophene rings is 1. The zero-order chi connectivity index (χ0) is 17.3. The van der Waals surface area contributed by atoms with Gasteiger partial charge in [-0.05, 0) is 46.2 Å². The highest BCUT2D eigenvalue weighted by Crippen LogP contribution is 2.38. The summed E-state index contributed by atoms with van der Waals surface area (Å²) in [5, 5.41) is 5.80. The number of benzene rings is 4. The van der Waals surface area contributed by atoms with Crippen LogP contribution in [0.1, 0.15) is 0 Å². The van der Waals surface area contributed by atoms with Gasteiger partial charge in [-0.1, -0.05) is 66.7 Å². The van der Waals surface area contributed by atoms with Crippen LogP contribution in [0.25, 0.3) is 32.0 Å². The average molecular weight is 352 g/mol. The van der Waals surface area contributed by atoms with Crippen molar-refractivity contribution in [3.8, 4) is 22.6 Å². The summed E-state index contributed by atoms with van der Waals surface area (Å²) >= 11 is 1.72. The summed E-state index contributed by atoms with van der Waals surface area (Å²) in [6.45, 7) is 0. The molecule has 0 fully saturated rings. The molecule has 1 aromatic heterocycles. The molecule has 1 nitrogen and oxygen atoms in total. The molecule has 5 rings (SSSR count). The topological polar surface area (TPSA) is 9.23 Å². The van der Waals surface area contributed by atoms with Crippen LogP contribution in [0, 0.1) is 0 Å². The maximum Gasteiger partial charge on any atom is 0.145 e. The number of rotatable bonds is 3. The normalized spacial score (nSPS) is 11.1. The van der Waals surface area contributed by atoms with Crippen molar-refractivity contribution in [2.45, 2.75) is 0 Å². The van der Waals surface area contributed by atoms with Crippen molar-refractivity contribution in [1.29, 1.82) is 0 Å². The fourth-order valence-electron chi connectivity index (χ4n) is 3.34. The lowest BCUT2D eigenvalue weighted by Gasteiger charge is -2.08. The first-order valence-corrected chi connectivity index (χ1v) is 9.49. The predicted octanol–water partition coefficient (Wildman–Crippen LogP) is 7.51. The Morgan fingerprint density at radius 3 is 2.38 bits per heavy atom.